The molecule has 0 spiro atoms. The van der Waals surface area contributed by atoms with Gasteiger partial charge in [-0.05, 0) is 67.0 Å². The summed E-state index contributed by atoms with van der Waals surface area (Å²) in [6.07, 6.45) is 4.17. The molecule has 0 radical (unpaired) electrons. The Kier molecular flexibility index (Phi) is 5.74. The van der Waals surface area contributed by atoms with Crippen LogP contribution in [0.3, 0.4) is 0 Å². The lowest BCUT2D eigenvalue weighted by Crippen LogP contribution is -2.48. The van der Waals surface area contributed by atoms with Crippen LogP contribution in [0.1, 0.15) is 45.4 Å². The fourth-order valence-electron chi connectivity index (χ4n) is 4.29. The Labute approximate surface area is 191 Å². The Bertz CT molecular complexity index is 1100. The van der Waals surface area contributed by atoms with Crippen LogP contribution in [0.4, 0.5) is 0 Å². The highest BCUT2D eigenvalue weighted by molar-refractivity contribution is 7.10. The molecule has 5 rings (SSSR count). The van der Waals surface area contributed by atoms with Crippen molar-refractivity contribution in [3.63, 3.8) is 0 Å². The summed E-state index contributed by atoms with van der Waals surface area (Å²) in [5.41, 5.74) is 2.22. The second kappa shape index (κ2) is 8.82. The van der Waals surface area contributed by atoms with Gasteiger partial charge in [-0.3, -0.25) is 9.59 Å². The van der Waals surface area contributed by atoms with E-state index in [9.17, 15) is 9.59 Å². The first-order valence-electron chi connectivity index (χ1n) is 11.0. The molecular formula is C25H26N2O4S. The minimum absolute atomic E-state index is 0.0490. The maximum absolute atomic E-state index is 13.5. The van der Waals surface area contributed by atoms with Crippen LogP contribution >= 0.6 is 11.3 Å². The Morgan fingerprint density at radius 1 is 1.19 bits per heavy atom. The average molecular weight is 451 g/mol. The SMILES string of the molecule is Cc1ccccc1OC[C@H]1c2ccsc2CCN1C(=O)CN(C(=O)c1ccco1)C1CC1. The molecule has 3 heterocycles. The number of hydrogen-bond donors (Lipinski definition) is 0. The van der Waals surface area contributed by atoms with Gasteiger partial charge in [-0.2, -0.15) is 0 Å². The van der Waals surface area contributed by atoms with Gasteiger partial charge < -0.3 is 19.0 Å². The van der Waals surface area contributed by atoms with E-state index in [1.165, 1.54) is 11.1 Å². The molecule has 0 bridgehead atoms. The number of aryl methyl sites for hydroxylation is 1. The van der Waals surface area contributed by atoms with Crippen LogP contribution in [0, 0.1) is 6.92 Å². The molecule has 1 aliphatic heterocycles. The molecule has 1 atom stereocenters. The lowest BCUT2D eigenvalue weighted by atomic mass is 10.00. The fraction of sp³-hybridized carbons (Fsp3) is 0.360. The maximum atomic E-state index is 13.5. The Balaban J connectivity index is 1.35. The van der Waals surface area contributed by atoms with Gasteiger partial charge in [-0.1, -0.05) is 18.2 Å². The minimum Gasteiger partial charge on any atom is -0.491 e. The van der Waals surface area contributed by atoms with Crippen molar-refractivity contribution in [2.24, 2.45) is 0 Å². The van der Waals surface area contributed by atoms with Crippen LogP contribution in [-0.2, 0) is 11.2 Å². The van der Waals surface area contributed by atoms with E-state index < -0.39 is 0 Å². The third kappa shape index (κ3) is 4.17. The number of nitrogens with zero attached hydrogens (tertiary/aromatic N) is 2. The Morgan fingerprint density at radius 3 is 2.78 bits per heavy atom. The van der Waals surface area contributed by atoms with Crippen LogP contribution in [-0.4, -0.2) is 47.4 Å². The van der Waals surface area contributed by atoms with Crippen molar-refractivity contribution in [3.05, 3.63) is 75.9 Å². The van der Waals surface area contributed by atoms with Gasteiger partial charge in [0.15, 0.2) is 5.76 Å². The number of furan rings is 1. The summed E-state index contributed by atoms with van der Waals surface area (Å²) in [6.45, 7) is 3.09. The lowest BCUT2D eigenvalue weighted by molar-refractivity contribution is -0.135. The Morgan fingerprint density at radius 2 is 2.03 bits per heavy atom. The van der Waals surface area contributed by atoms with E-state index >= 15 is 0 Å². The van der Waals surface area contributed by atoms with Gasteiger partial charge in [0.1, 0.15) is 18.9 Å². The number of carbonyl (C=O) groups excluding carboxylic acids is 2. The van der Waals surface area contributed by atoms with Crippen molar-refractivity contribution in [1.82, 2.24) is 9.80 Å². The molecule has 0 N–H and O–H groups in total. The molecule has 166 valence electrons. The third-order valence-corrected chi connectivity index (χ3v) is 7.19. The zero-order chi connectivity index (χ0) is 22.1. The molecule has 0 saturated heterocycles. The molecular weight excluding hydrogens is 424 g/mol. The van der Waals surface area contributed by atoms with Gasteiger partial charge in [0.05, 0.1) is 12.3 Å². The van der Waals surface area contributed by atoms with Crippen LogP contribution in [0.15, 0.2) is 58.5 Å². The van der Waals surface area contributed by atoms with E-state index in [1.807, 2.05) is 36.1 Å². The molecule has 32 heavy (non-hydrogen) atoms. The number of fused-ring (bicyclic) bond motifs is 1. The quantitative estimate of drug-likeness (QED) is 0.533. The molecule has 1 fully saturated rings. The van der Waals surface area contributed by atoms with Gasteiger partial charge in [-0.25, -0.2) is 0 Å². The largest absolute Gasteiger partial charge is 0.491 e. The van der Waals surface area contributed by atoms with Crippen molar-refractivity contribution in [3.8, 4) is 5.75 Å². The topological polar surface area (TPSA) is 63.0 Å². The summed E-state index contributed by atoms with van der Waals surface area (Å²) in [5, 5.41) is 2.08. The van der Waals surface area contributed by atoms with Crippen molar-refractivity contribution >= 4 is 23.2 Å². The zero-order valence-corrected chi connectivity index (χ0v) is 18.8. The van der Waals surface area contributed by atoms with Crippen molar-refractivity contribution in [2.75, 3.05) is 19.7 Å². The van der Waals surface area contributed by atoms with Crippen molar-refractivity contribution in [1.29, 1.82) is 0 Å². The standard InChI is InChI=1S/C25H26N2O4S/c1-17-5-2-3-6-21(17)31-16-20-19-11-14-32-23(19)10-12-26(20)24(28)15-27(18-8-9-18)25(29)22-7-4-13-30-22/h2-7,11,13-14,18,20H,8-10,12,15-16H2,1H3/t20-/m0/s1. The second-order valence-electron chi connectivity index (χ2n) is 8.37. The molecule has 3 aromatic rings. The monoisotopic (exact) mass is 450 g/mol. The fourth-order valence-corrected chi connectivity index (χ4v) is 5.22. The molecule has 0 unspecified atom stereocenters. The highest BCUT2D eigenvalue weighted by atomic mass is 32.1. The number of rotatable bonds is 7. The average Bonchev–Trinajstić information content (AvgIpc) is 3.28. The van der Waals surface area contributed by atoms with E-state index in [1.54, 1.807) is 28.4 Å². The Hall–Kier alpha value is -3.06. The molecule has 2 aliphatic rings. The number of thiophene rings is 1. The number of para-hydroxylation sites is 1. The summed E-state index contributed by atoms with van der Waals surface area (Å²) in [5.74, 6) is 0.844. The predicted molar refractivity (Wildman–Crippen MR) is 122 cm³/mol. The number of carbonyl (C=O) groups is 2. The van der Waals surface area contributed by atoms with Crippen LogP contribution in [0.2, 0.25) is 0 Å². The molecule has 1 aliphatic carbocycles. The molecule has 7 heteroatoms. The lowest BCUT2D eigenvalue weighted by Gasteiger charge is -2.37. The van der Waals surface area contributed by atoms with E-state index in [-0.39, 0.29) is 36.2 Å². The number of benzene rings is 1. The molecule has 6 nitrogen and oxygen atoms in total. The van der Waals surface area contributed by atoms with Gasteiger partial charge in [0.2, 0.25) is 5.91 Å². The second-order valence-corrected chi connectivity index (χ2v) is 9.37. The van der Waals surface area contributed by atoms with E-state index in [2.05, 4.69) is 11.4 Å². The van der Waals surface area contributed by atoms with Crippen molar-refractivity contribution < 1.29 is 18.7 Å². The minimum atomic E-state index is -0.216. The summed E-state index contributed by atoms with van der Waals surface area (Å²) in [4.78, 5) is 31.3. The molecule has 2 aromatic heterocycles. The third-order valence-electron chi connectivity index (χ3n) is 6.19. The summed E-state index contributed by atoms with van der Waals surface area (Å²) >= 11 is 1.73. The summed E-state index contributed by atoms with van der Waals surface area (Å²) in [7, 11) is 0. The van der Waals surface area contributed by atoms with E-state index in [4.69, 9.17) is 9.15 Å². The van der Waals surface area contributed by atoms with Crippen LogP contribution in [0.25, 0.3) is 0 Å². The van der Waals surface area contributed by atoms with Gasteiger partial charge in [0.25, 0.3) is 5.91 Å². The first-order chi connectivity index (χ1) is 15.6. The van der Waals surface area contributed by atoms with Crippen molar-refractivity contribution in [2.45, 2.75) is 38.3 Å². The number of ether oxygens (including phenoxy) is 1. The van der Waals surface area contributed by atoms with Crippen LogP contribution in [0.5, 0.6) is 5.75 Å². The van der Waals surface area contributed by atoms with E-state index in [0.29, 0.717) is 13.2 Å². The summed E-state index contributed by atoms with van der Waals surface area (Å²) in [6, 6.07) is 13.3. The first kappa shape index (κ1) is 20.8. The first-order valence-corrected chi connectivity index (χ1v) is 11.9. The van der Waals surface area contributed by atoms with Gasteiger partial charge >= 0.3 is 0 Å². The molecule has 1 aromatic carbocycles. The highest BCUT2D eigenvalue weighted by Crippen LogP contribution is 2.35. The van der Waals surface area contributed by atoms with Crippen LogP contribution < -0.4 is 4.74 Å². The molecule has 2 amide bonds. The number of hydrogen-bond acceptors (Lipinski definition) is 5. The number of amides is 2. The highest BCUT2D eigenvalue weighted by Gasteiger charge is 2.38. The van der Waals surface area contributed by atoms with Gasteiger partial charge in [-0.15, -0.1) is 11.3 Å². The van der Waals surface area contributed by atoms with Gasteiger partial charge in [0, 0.05) is 17.5 Å². The predicted octanol–water partition coefficient (Wildman–Crippen LogP) is 4.46. The van der Waals surface area contributed by atoms with E-state index in [0.717, 1.165) is 36.1 Å². The molecule has 1 saturated carbocycles. The smallest absolute Gasteiger partial charge is 0.290 e. The zero-order valence-electron chi connectivity index (χ0n) is 18.0. The maximum Gasteiger partial charge on any atom is 0.290 e. The summed E-state index contributed by atoms with van der Waals surface area (Å²) < 4.78 is 11.5. The normalized spacial score (nSPS) is 17.7.